The van der Waals surface area contributed by atoms with Gasteiger partial charge in [-0.15, -0.1) is 0 Å². The molecule has 0 radical (unpaired) electrons. The van der Waals surface area contributed by atoms with Gasteiger partial charge < -0.3 is 10.6 Å². The molecule has 0 bridgehead atoms. The third kappa shape index (κ3) is 4.03. The molecule has 0 spiro atoms. The molecule has 0 unspecified atom stereocenters. The molecule has 1 amide bonds. The molecular weight excluding hydrogens is 258 g/mol. The summed E-state index contributed by atoms with van der Waals surface area (Å²) in [5.74, 6) is -0.130. The van der Waals surface area contributed by atoms with E-state index in [4.69, 9.17) is 0 Å². The zero-order valence-corrected chi connectivity index (χ0v) is 11.3. The zero-order valence-electron chi connectivity index (χ0n) is 11.3. The van der Waals surface area contributed by atoms with Gasteiger partial charge in [-0.25, -0.2) is 0 Å². The average molecular weight is 277 g/mol. The van der Waals surface area contributed by atoms with E-state index in [-0.39, 0.29) is 24.7 Å². The van der Waals surface area contributed by atoms with Gasteiger partial charge in [0.25, 0.3) is 5.69 Å². The van der Waals surface area contributed by atoms with E-state index in [1.165, 1.54) is 18.9 Å². The van der Waals surface area contributed by atoms with Crippen molar-refractivity contribution in [1.82, 2.24) is 10.6 Å². The van der Waals surface area contributed by atoms with Crippen molar-refractivity contribution in [3.8, 4) is 0 Å². The van der Waals surface area contributed by atoms with Gasteiger partial charge in [0.2, 0.25) is 5.91 Å². The van der Waals surface area contributed by atoms with Crippen LogP contribution in [0.4, 0.5) is 5.69 Å². The standard InChI is InChI=1S/C14H19N3O3/c18-14(10-15-12-6-2-3-7-12)16-9-11-5-1-4-8-13(11)17(19)20/h1,4-5,8,12,15H,2-3,6-7,9-10H2,(H,16,18). The van der Waals surface area contributed by atoms with Gasteiger partial charge >= 0.3 is 0 Å². The van der Waals surface area contributed by atoms with Crippen molar-refractivity contribution in [2.24, 2.45) is 0 Å². The highest BCUT2D eigenvalue weighted by atomic mass is 16.6. The van der Waals surface area contributed by atoms with Gasteiger partial charge in [0.1, 0.15) is 0 Å². The quantitative estimate of drug-likeness (QED) is 0.613. The monoisotopic (exact) mass is 277 g/mol. The fourth-order valence-electron chi connectivity index (χ4n) is 2.46. The van der Waals surface area contributed by atoms with Crippen LogP contribution < -0.4 is 10.6 Å². The number of nitrogens with zero attached hydrogens (tertiary/aromatic N) is 1. The van der Waals surface area contributed by atoms with Crippen LogP contribution in [0.3, 0.4) is 0 Å². The van der Waals surface area contributed by atoms with Gasteiger partial charge in [0.15, 0.2) is 0 Å². The maximum atomic E-state index is 11.7. The minimum Gasteiger partial charge on any atom is -0.351 e. The van der Waals surface area contributed by atoms with Crippen LogP contribution in [0.5, 0.6) is 0 Å². The lowest BCUT2D eigenvalue weighted by molar-refractivity contribution is -0.385. The van der Waals surface area contributed by atoms with E-state index in [1.54, 1.807) is 18.2 Å². The third-order valence-corrected chi connectivity index (χ3v) is 3.57. The molecule has 0 aromatic heterocycles. The summed E-state index contributed by atoms with van der Waals surface area (Å²) in [5, 5.41) is 16.8. The number of nitrogens with one attached hydrogen (secondary N) is 2. The first-order valence-corrected chi connectivity index (χ1v) is 6.89. The molecule has 1 aliphatic rings. The van der Waals surface area contributed by atoms with Crippen molar-refractivity contribution in [1.29, 1.82) is 0 Å². The Morgan fingerprint density at radius 1 is 1.30 bits per heavy atom. The van der Waals surface area contributed by atoms with Crippen LogP contribution >= 0.6 is 0 Å². The molecule has 0 atom stereocenters. The molecule has 0 aliphatic heterocycles. The summed E-state index contributed by atoms with van der Waals surface area (Å²) >= 11 is 0. The lowest BCUT2D eigenvalue weighted by Crippen LogP contribution is -2.37. The molecule has 6 nitrogen and oxygen atoms in total. The van der Waals surface area contributed by atoms with E-state index in [9.17, 15) is 14.9 Å². The molecule has 1 aliphatic carbocycles. The average Bonchev–Trinajstić information content (AvgIpc) is 2.96. The van der Waals surface area contributed by atoms with Crippen LogP contribution in [-0.2, 0) is 11.3 Å². The van der Waals surface area contributed by atoms with E-state index in [0.717, 1.165) is 12.8 Å². The number of carbonyl (C=O) groups excluding carboxylic acids is 1. The van der Waals surface area contributed by atoms with E-state index in [0.29, 0.717) is 11.6 Å². The summed E-state index contributed by atoms with van der Waals surface area (Å²) in [5.41, 5.74) is 0.559. The highest BCUT2D eigenvalue weighted by Gasteiger charge is 2.16. The summed E-state index contributed by atoms with van der Waals surface area (Å²) in [7, 11) is 0. The first-order valence-electron chi connectivity index (χ1n) is 6.89. The molecule has 0 heterocycles. The maximum absolute atomic E-state index is 11.7. The second-order valence-electron chi connectivity index (χ2n) is 5.02. The van der Waals surface area contributed by atoms with Crippen molar-refractivity contribution < 1.29 is 9.72 Å². The van der Waals surface area contributed by atoms with E-state index in [2.05, 4.69) is 10.6 Å². The first-order chi connectivity index (χ1) is 9.66. The maximum Gasteiger partial charge on any atom is 0.274 e. The van der Waals surface area contributed by atoms with Crippen molar-refractivity contribution >= 4 is 11.6 Å². The molecule has 6 heteroatoms. The number of rotatable bonds is 6. The van der Waals surface area contributed by atoms with Gasteiger partial charge in [-0.2, -0.15) is 0 Å². The lowest BCUT2D eigenvalue weighted by Gasteiger charge is -2.11. The van der Waals surface area contributed by atoms with Crippen LogP contribution in [0.15, 0.2) is 24.3 Å². The zero-order chi connectivity index (χ0) is 14.4. The van der Waals surface area contributed by atoms with Gasteiger partial charge in [0.05, 0.1) is 11.5 Å². The largest absolute Gasteiger partial charge is 0.351 e. The summed E-state index contributed by atoms with van der Waals surface area (Å²) in [4.78, 5) is 22.1. The first kappa shape index (κ1) is 14.5. The Kier molecular flexibility index (Phi) is 5.06. The molecule has 2 N–H and O–H groups in total. The molecular formula is C14H19N3O3. The second-order valence-corrected chi connectivity index (χ2v) is 5.02. The number of para-hydroxylation sites is 1. The van der Waals surface area contributed by atoms with E-state index < -0.39 is 4.92 Å². The Morgan fingerprint density at radius 2 is 2.00 bits per heavy atom. The lowest BCUT2D eigenvalue weighted by atomic mass is 10.2. The van der Waals surface area contributed by atoms with Crippen molar-refractivity contribution in [2.45, 2.75) is 38.3 Å². The Hall–Kier alpha value is -1.95. The fourth-order valence-corrected chi connectivity index (χ4v) is 2.46. The van der Waals surface area contributed by atoms with Crippen LogP contribution in [0.2, 0.25) is 0 Å². The van der Waals surface area contributed by atoms with Crippen molar-refractivity contribution in [2.75, 3.05) is 6.54 Å². The predicted molar refractivity (Wildman–Crippen MR) is 75.2 cm³/mol. The summed E-state index contributed by atoms with van der Waals surface area (Å²) in [6.45, 7) is 0.452. The van der Waals surface area contributed by atoms with Gasteiger partial charge in [-0.05, 0) is 12.8 Å². The smallest absolute Gasteiger partial charge is 0.274 e. The summed E-state index contributed by atoms with van der Waals surface area (Å²) in [6.07, 6.45) is 4.68. The number of nitro benzene ring substituents is 1. The Bertz CT molecular complexity index is 484. The van der Waals surface area contributed by atoms with Crippen LogP contribution in [0.1, 0.15) is 31.2 Å². The number of carbonyl (C=O) groups is 1. The molecule has 1 aromatic carbocycles. The number of nitro groups is 1. The minimum absolute atomic E-state index is 0.0385. The fraction of sp³-hybridized carbons (Fsp3) is 0.500. The predicted octanol–water partition coefficient (Wildman–Crippen LogP) is 1.74. The highest BCUT2D eigenvalue weighted by Crippen LogP contribution is 2.18. The topological polar surface area (TPSA) is 84.3 Å². The number of amides is 1. The summed E-state index contributed by atoms with van der Waals surface area (Å²) < 4.78 is 0. The van der Waals surface area contributed by atoms with Gasteiger partial charge in [0, 0.05) is 24.2 Å². The van der Waals surface area contributed by atoms with Crippen LogP contribution in [0.25, 0.3) is 0 Å². The highest BCUT2D eigenvalue weighted by molar-refractivity contribution is 5.78. The molecule has 2 rings (SSSR count). The van der Waals surface area contributed by atoms with E-state index in [1.807, 2.05) is 0 Å². The Labute approximate surface area is 117 Å². The molecule has 0 saturated heterocycles. The van der Waals surface area contributed by atoms with Gasteiger partial charge in [-0.1, -0.05) is 31.0 Å². The van der Waals surface area contributed by atoms with Crippen molar-refractivity contribution in [3.63, 3.8) is 0 Å². The van der Waals surface area contributed by atoms with Crippen LogP contribution in [0, 0.1) is 10.1 Å². The number of hydrogen-bond donors (Lipinski definition) is 2. The Morgan fingerprint density at radius 3 is 2.70 bits per heavy atom. The third-order valence-electron chi connectivity index (χ3n) is 3.57. The summed E-state index contributed by atoms with van der Waals surface area (Å²) in [6, 6.07) is 6.88. The number of hydrogen-bond acceptors (Lipinski definition) is 4. The SMILES string of the molecule is O=C(CNC1CCCC1)NCc1ccccc1[N+](=O)[O-]. The second kappa shape index (κ2) is 7.00. The van der Waals surface area contributed by atoms with E-state index >= 15 is 0 Å². The molecule has 1 fully saturated rings. The number of benzene rings is 1. The molecule has 1 saturated carbocycles. The normalized spacial score (nSPS) is 15.2. The minimum atomic E-state index is -0.432. The molecule has 1 aromatic rings. The Balaban J connectivity index is 1.79. The molecule has 108 valence electrons. The van der Waals surface area contributed by atoms with Crippen molar-refractivity contribution in [3.05, 3.63) is 39.9 Å². The molecule has 20 heavy (non-hydrogen) atoms. The van der Waals surface area contributed by atoms with Crippen LogP contribution in [-0.4, -0.2) is 23.4 Å². The van der Waals surface area contributed by atoms with Gasteiger partial charge in [-0.3, -0.25) is 14.9 Å².